The van der Waals surface area contributed by atoms with Crippen LogP contribution in [0.1, 0.15) is 21.7 Å². The molecular weight excluding hydrogens is 218 g/mol. The van der Waals surface area contributed by atoms with E-state index >= 15 is 0 Å². The van der Waals surface area contributed by atoms with Crippen molar-refractivity contribution in [2.45, 2.75) is 19.4 Å². The Bertz CT molecular complexity index is 393. The van der Waals surface area contributed by atoms with Crippen LogP contribution in [0.2, 0.25) is 0 Å². The lowest BCUT2D eigenvalue weighted by molar-refractivity contribution is 0.187. The average Bonchev–Trinajstić information content (AvgIpc) is 2.75. The Morgan fingerprint density at radius 3 is 2.94 bits per heavy atom. The predicted molar refractivity (Wildman–Crippen MR) is 69.9 cm³/mol. The van der Waals surface area contributed by atoms with Crippen LogP contribution in [0.3, 0.4) is 0 Å². The van der Waals surface area contributed by atoms with Crippen molar-refractivity contribution in [3.8, 4) is 0 Å². The van der Waals surface area contributed by atoms with Crippen LogP contribution in [-0.4, -0.2) is 32.6 Å². The maximum absolute atomic E-state index is 5.18. The number of hydrogen-bond donors (Lipinski definition) is 0. The van der Waals surface area contributed by atoms with E-state index in [1.807, 2.05) is 11.3 Å². The molecule has 1 aromatic heterocycles. The van der Waals surface area contributed by atoms with Crippen molar-refractivity contribution in [3.63, 3.8) is 0 Å². The van der Waals surface area contributed by atoms with Gasteiger partial charge in [-0.3, -0.25) is 0 Å². The molecule has 0 N–H and O–H groups in total. The first-order valence-corrected chi connectivity index (χ1v) is 6.47. The molecule has 0 amide bonds. The highest BCUT2D eigenvalue weighted by molar-refractivity contribution is 7.13. The molecule has 2 rings (SSSR count). The molecule has 2 nitrogen and oxygen atoms in total. The number of hydrogen-bond acceptors (Lipinski definition) is 3. The van der Waals surface area contributed by atoms with Crippen molar-refractivity contribution in [1.29, 1.82) is 0 Å². The Balaban J connectivity index is 2.15. The van der Waals surface area contributed by atoms with Gasteiger partial charge in [0.15, 0.2) is 0 Å². The van der Waals surface area contributed by atoms with Crippen molar-refractivity contribution in [3.05, 3.63) is 27.5 Å². The molecule has 0 saturated carbocycles. The van der Waals surface area contributed by atoms with Crippen molar-refractivity contribution < 1.29 is 4.74 Å². The van der Waals surface area contributed by atoms with E-state index in [0.29, 0.717) is 0 Å². The molecule has 0 spiro atoms. The summed E-state index contributed by atoms with van der Waals surface area (Å²) in [6.07, 6.45) is 4.77. The van der Waals surface area contributed by atoms with Gasteiger partial charge in [0.05, 0.1) is 6.61 Å². The molecule has 0 aromatic carbocycles. The standard InChI is InChI=1S/C13H19NOS/c1-14(2)7-6-10-4-5-11-8-12(9-15-3)16-13(10)11/h6,8H,4-5,7,9H2,1-3H3/b10-6+. The number of aryl methyl sites for hydroxylation is 1. The topological polar surface area (TPSA) is 12.5 Å². The Morgan fingerprint density at radius 2 is 2.25 bits per heavy atom. The molecular formula is C13H19NOS. The molecule has 0 fully saturated rings. The molecule has 3 heteroatoms. The number of likely N-dealkylation sites (N-methyl/N-ethyl adjacent to an activating group) is 1. The lowest BCUT2D eigenvalue weighted by Crippen LogP contribution is -2.10. The Kier molecular flexibility index (Phi) is 3.79. The van der Waals surface area contributed by atoms with Gasteiger partial charge in [0, 0.05) is 23.4 Å². The van der Waals surface area contributed by atoms with Gasteiger partial charge < -0.3 is 9.64 Å². The summed E-state index contributed by atoms with van der Waals surface area (Å²) in [7, 11) is 5.98. The first-order valence-electron chi connectivity index (χ1n) is 5.65. The summed E-state index contributed by atoms with van der Waals surface area (Å²) < 4.78 is 5.18. The summed E-state index contributed by atoms with van der Waals surface area (Å²) in [6, 6.07) is 2.31. The molecule has 0 bridgehead atoms. The SMILES string of the molecule is COCc1cc2c(s1)/C(=C/CN(C)C)CC2. The maximum Gasteiger partial charge on any atom is 0.0805 e. The van der Waals surface area contributed by atoms with Crippen LogP contribution in [0.5, 0.6) is 0 Å². The second kappa shape index (κ2) is 5.13. The highest BCUT2D eigenvalue weighted by Gasteiger charge is 2.19. The molecule has 1 aliphatic carbocycles. The van der Waals surface area contributed by atoms with E-state index in [0.717, 1.165) is 13.2 Å². The smallest absolute Gasteiger partial charge is 0.0805 e. The minimum absolute atomic E-state index is 0.749. The summed E-state index contributed by atoms with van der Waals surface area (Å²) in [5.41, 5.74) is 3.04. The lowest BCUT2D eigenvalue weighted by atomic mass is 10.2. The van der Waals surface area contributed by atoms with Gasteiger partial charge in [-0.1, -0.05) is 6.08 Å². The first kappa shape index (κ1) is 11.8. The Hall–Kier alpha value is -0.640. The molecule has 0 aliphatic heterocycles. The summed E-state index contributed by atoms with van der Waals surface area (Å²) in [4.78, 5) is 5.05. The predicted octanol–water partition coefficient (Wildman–Crippen LogP) is 2.79. The third-order valence-corrected chi connectivity index (χ3v) is 4.03. The van der Waals surface area contributed by atoms with E-state index in [1.54, 1.807) is 7.11 Å². The minimum Gasteiger partial charge on any atom is -0.379 e. The first-order chi connectivity index (χ1) is 7.70. The number of fused-ring (bicyclic) bond motifs is 1. The fraction of sp³-hybridized carbons (Fsp3) is 0.538. The second-order valence-corrected chi connectivity index (χ2v) is 5.63. The van der Waals surface area contributed by atoms with Crippen LogP contribution >= 0.6 is 11.3 Å². The van der Waals surface area contributed by atoms with Gasteiger partial charge in [0.25, 0.3) is 0 Å². The quantitative estimate of drug-likeness (QED) is 0.798. The molecule has 0 radical (unpaired) electrons. The summed E-state index contributed by atoms with van der Waals surface area (Å²) >= 11 is 1.89. The van der Waals surface area contributed by atoms with Gasteiger partial charge in [-0.05, 0) is 44.1 Å². The van der Waals surface area contributed by atoms with Crippen molar-refractivity contribution in [1.82, 2.24) is 4.90 Å². The number of ether oxygens (including phenoxy) is 1. The highest BCUT2D eigenvalue weighted by Crippen LogP contribution is 2.38. The number of allylic oxidation sites excluding steroid dienone is 1. The molecule has 0 atom stereocenters. The third-order valence-electron chi connectivity index (χ3n) is 2.80. The van der Waals surface area contributed by atoms with E-state index in [9.17, 15) is 0 Å². The van der Waals surface area contributed by atoms with E-state index in [1.165, 1.54) is 33.7 Å². The Morgan fingerprint density at radius 1 is 1.44 bits per heavy atom. The maximum atomic E-state index is 5.18. The highest BCUT2D eigenvalue weighted by atomic mass is 32.1. The van der Waals surface area contributed by atoms with Crippen LogP contribution in [0.4, 0.5) is 0 Å². The van der Waals surface area contributed by atoms with Crippen LogP contribution in [0.25, 0.3) is 5.57 Å². The molecule has 88 valence electrons. The largest absolute Gasteiger partial charge is 0.379 e. The number of nitrogens with zero attached hydrogens (tertiary/aromatic N) is 1. The molecule has 1 aromatic rings. The molecule has 1 heterocycles. The van der Waals surface area contributed by atoms with Gasteiger partial charge >= 0.3 is 0 Å². The molecule has 16 heavy (non-hydrogen) atoms. The monoisotopic (exact) mass is 237 g/mol. The summed E-state index contributed by atoms with van der Waals surface area (Å²) in [5.74, 6) is 0. The van der Waals surface area contributed by atoms with Gasteiger partial charge in [-0.15, -0.1) is 11.3 Å². The number of methoxy groups -OCH3 is 1. The van der Waals surface area contributed by atoms with E-state index < -0.39 is 0 Å². The van der Waals surface area contributed by atoms with Gasteiger partial charge in [-0.2, -0.15) is 0 Å². The van der Waals surface area contributed by atoms with E-state index in [4.69, 9.17) is 4.74 Å². The fourth-order valence-electron chi connectivity index (χ4n) is 2.03. The zero-order chi connectivity index (χ0) is 11.5. The van der Waals surface area contributed by atoms with Crippen LogP contribution in [-0.2, 0) is 17.8 Å². The van der Waals surface area contributed by atoms with Crippen LogP contribution in [0.15, 0.2) is 12.1 Å². The zero-order valence-electron chi connectivity index (χ0n) is 10.2. The zero-order valence-corrected chi connectivity index (χ0v) is 11.1. The molecule has 1 aliphatic rings. The number of rotatable bonds is 4. The van der Waals surface area contributed by atoms with Crippen molar-refractivity contribution in [2.75, 3.05) is 27.7 Å². The van der Waals surface area contributed by atoms with Gasteiger partial charge in [0.1, 0.15) is 0 Å². The average molecular weight is 237 g/mol. The van der Waals surface area contributed by atoms with Crippen LogP contribution in [0, 0.1) is 0 Å². The van der Waals surface area contributed by atoms with Gasteiger partial charge in [0.2, 0.25) is 0 Å². The molecule has 0 unspecified atom stereocenters. The second-order valence-electron chi connectivity index (χ2n) is 4.49. The molecule has 0 saturated heterocycles. The number of thiophene rings is 1. The fourth-order valence-corrected chi connectivity index (χ4v) is 3.28. The normalized spacial score (nSPS) is 17.4. The van der Waals surface area contributed by atoms with Crippen molar-refractivity contribution >= 4 is 16.9 Å². The van der Waals surface area contributed by atoms with Gasteiger partial charge in [-0.25, -0.2) is 0 Å². The van der Waals surface area contributed by atoms with Crippen molar-refractivity contribution in [2.24, 2.45) is 0 Å². The third kappa shape index (κ3) is 2.54. The summed E-state index contributed by atoms with van der Waals surface area (Å²) in [6.45, 7) is 1.78. The van der Waals surface area contributed by atoms with E-state index in [-0.39, 0.29) is 0 Å². The van der Waals surface area contributed by atoms with E-state index in [2.05, 4.69) is 31.1 Å². The lowest BCUT2D eigenvalue weighted by Gasteiger charge is -2.05. The minimum atomic E-state index is 0.749. The van der Waals surface area contributed by atoms with Crippen LogP contribution < -0.4 is 0 Å². The summed E-state index contributed by atoms with van der Waals surface area (Å²) in [5, 5.41) is 0. The Labute approximate surface area is 102 Å².